The summed E-state index contributed by atoms with van der Waals surface area (Å²) in [6.45, 7) is 4.38. The molecule has 1 atom stereocenters. The maximum Gasteiger partial charge on any atom is 0.327 e. The predicted molar refractivity (Wildman–Crippen MR) is 63.9 cm³/mol. The molecule has 1 unspecified atom stereocenters. The van der Waals surface area contributed by atoms with Crippen LogP contribution in [0.2, 0.25) is 0 Å². The standard InChI is InChI=1S/C11H21NO2S/c1-3-7-15-8-11(12,9-5-6-9)10(13)14-4-2/h9H,3-8,12H2,1-2H3. The van der Waals surface area contributed by atoms with E-state index in [0.29, 0.717) is 18.3 Å². The zero-order valence-corrected chi connectivity index (χ0v) is 10.4. The minimum Gasteiger partial charge on any atom is -0.465 e. The van der Waals surface area contributed by atoms with Crippen LogP contribution in [0.25, 0.3) is 0 Å². The molecule has 0 amide bonds. The van der Waals surface area contributed by atoms with Gasteiger partial charge in [0.25, 0.3) is 0 Å². The molecular formula is C11H21NO2S. The van der Waals surface area contributed by atoms with Gasteiger partial charge in [-0.3, -0.25) is 4.79 Å². The average molecular weight is 231 g/mol. The van der Waals surface area contributed by atoms with Crippen molar-refractivity contribution in [3.8, 4) is 0 Å². The minimum atomic E-state index is -0.726. The second kappa shape index (κ2) is 5.75. The third-order valence-electron chi connectivity index (χ3n) is 2.65. The van der Waals surface area contributed by atoms with Crippen molar-refractivity contribution in [3.05, 3.63) is 0 Å². The Morgan fingerprint density at radius 2 is 2.20 bits per heavy atom. The van der Waals surface area contributed by atoms with Gasteiger partial charge in [-0.25, -0.2) is 0 Å². The molecule has 0 aliphatic heterocycles. The smallest absolute Gasteiger partial charge is 0.327 e. The molecule has 0 aromatic rings. The predicted octanol–water partition coefficient (Wildman–Crippen LogP) is 1.80. The molecule has 0 aromatic heterocycles. The summed E-state index contributed by atoms with van der Waals surface area (Å²) in [5, 5.41) is 0. The van der Waals surface area contributed by atoms with Crippen molar-refractivity contribution in [2.75, 3.05) is 18.1 Å². The van der Waals surface area contributed by atoms with Crippen LogP contribution in [0.1, 0.15) is 33.1 Å². The highest BCUT2D eigenvalue weighted by atomic mass is 32.2. The van der Waals surface area contributed by atoms with Gasteiger partial charge in [0.1, 0.15) is 5.54 Å². The molecule has 0 spiro atoms. The van der Waals surface area contributed by atoms with Crippen LogP contribution in [0.3, 0.4) is 0 Å². The molecule has 3 nitrogen and oxygen atoms in total. The van der Waals surface area contributed by atoms with Crippen LogP contribution in [0.4, 0.5) is 0 Å². The summed E-state index contributed by atoms with van der Waals surface area (Å²) in [7, 11) is 0. The molecular weight excluding hydrogens is 210 g/mol. The Bertz CT molecular complexity index is 219. The summed E-state index contributed by atoms with van der Waals surface area (Å²) in [6.07, 6.45) is 3.26. The maximum atomic E-state index is 11.8. The average Bonchev–Trinajstić information content (AvgIpc) is 3.01. The van der Waals surface area contributed by atoms with Crippen LogP contribution in [0.15, 0.2) is 0 Å². The van der Waals surface area contributed by atoms with Crippen LogP contribution >= 0.6 is 11.8 Å². The Hall–Kier alpha value is -0.220. The summed E-state index contributed by atoms with van der Waals surface area (Å²) in [5.74, 6) is 1.90. The van der Waals surface area contributed by atoms with E-state index in [1.807, 2.05) is 6.92 Å². The van der Waals surface area contributed by atoms with E-state index in [1.165, 1.54) is 0 Å². The van der Waals surface area contributed by atoms with Crippen LogP contribution in [0.5, 0.6) is 0 Å². The van der Waals surface area contributed by atoms with Gasteiger partial charge in [0, 0.05) is 5.75 Å². The zero-order valence-electron chi connectivity index (χ0n) is 9.62. The SMILES string of the molecule is CCCSCC(N)(C(=O)OCC)C1CC1. The number of ether oxygens (including phenoxy) is 1. The van der Waals surface area contributed by atoms with E-state index in [0.717, 1.165) is 25.0 Å². The topological polar surface area (TPSA) is 52.3 Å². The zero-order chi connectivity index (χ0) is 11.3. The van der Waals surface area contributed by atoms with Gasteiger partial charge in [0.05, 0.1) is 6.61 Å². The highest BCUT2D eigenvalue weighted by Gasteiger charge is 2.48. The number of hydrogen-bond acceptors (Lipinski definition) is 4. The number of carbonyl (C=O) groups excluding carboxylic acids is 1. The van der Waals surface area contributed by atoms with E-state index in [9.17, 15) is 4.79 Å². The fraction of sp³-hybridized carbons (Fsp3) is 0.909. The van der Waals surface area contributed by atoms with Gasteiger partial charge in [0.15, 0.2) is 0 Å². The lowest BCUT2D eigenvalue weighted by atomic mass is 9.97. The highest BCUT2D eigenvalue weighted by molar-refractivity contribution is 7.99. The first-order valence-corrected chi connectivity index (χ1v) is 6.84. The molecule has 2 N–H and O–H groups in total. The van der Waals surface area contributed by atoms with Crippen molar-refractivity contribution in [3.63, 3.8) is 0 Å². The molecule has 1 fully saturated rings. The van der Waals surface area contributed by atoms with E-state index in [-0.39, 0.29) is 5.97 Å². The normalized spacial score (nSPS) is 19.7. The second-order valence-corrected chi connectivity index (χ2v) is 5.19. The summed E-state index contributed by atoms with van der Waals surface area (Å²) >= 11 is 1.76. The molecule has 15 heavy (non-hydrogen) atoms. The quantitative estimate of drug-likeness (QED) is 0.536. The first kappa shape index (κ1) is 12.8. The molecule has 0 radical (unpaired) electrons. The van der Waals surface area contributed by atoms with Crippen molar-refractivity contribution < 1.29 is 9.53 Å². The molecule has 1 saturated carbocycles. The summed E-state index contributed by atoms with van der Waals surface area (Å²) in [6, 6.07) is 0. The summed E-state index contributed by atoms with van der Waals surface area (Å²) in [4.78, 5) is 11.8. The fourth-order valence-electron chi connectivity index (χ4n) is 1.59. The van der Waals surface area contributed by atoms with Gasteiger partial charge in [-0.05, 0) is 37.9 Å². The van der Waals surface area contributed by atoms with Gasteiger partial charge in [-0.1, -0.05) is 6.92 Å². The van der Waals surface area contributed by atoms with Crippen LogP contribution in [-0.4, -0.2) is 29.6 Å². The molecule has 88 valence electrons. The molecule has 0 aromatic carbocycles. The Labute approximate surface area is 96.1 Å². The Morgan fingerprint density at radius 1 is 1.53 bits per heavy atom. The Kier molecular flexibility index (Phi) is 4.93. The Balaban J connectivity index is 2.49. The third-order valence-corrected chi connectivity index (χ3v) is 4.03. The molecule has 0 heterocycles. The fourth-order valence-corrected chi connectivity index (χ4v) is 2.72. The van der Waals surface area contributed by atoms with Gasteiger partial charge < -0.3 is 10.5 Å². The third kappa shape index (κ3) is 3.38. The molecule has 1 aliphatic rings. The summed E-state index contributed by atoms with van der Waals surface area (Å²) in [5.41, 5.74) is 5.45. The number of carbonyl (C=O) groups is 1. The lowest BCUT2D eigenvalue weighted by Gasteiger charge is -2.26. The monoisotopic (exact) mass is 231 g/mol. The molecule has 0 saturated heterocycles. The lowest BCUT2D eigenvalue weighted by Crippen LogP contribution is -2.53. The van der Waals surface area contributed by atoms with Crippen molar-refractivity contribution in [2.24, 2.45) is 11.7 Å². The second-order valence-electron chi connectivity index (χ2n) is 4.09. The summed E-state index contributed by atoms with van der Waals surface area (Å²) < 4.78 is 5.06. The van der Waals surface area contributed by atoms with Crippen molar-refractivity contribution in [1.29, 1.82) is 0 Å². The van der Waals surface area contributed by atoms with Crippen molar-refractivity contribution in [1.82, 2.24) is 0 Å². The maximum absolute atomic E-state index is 11.8. The minimum absolute atomic E-state index is 0.212. The number of hydrogen-bond donors (Lipinski definition) is 1. The van der Waals surface area contributed by atoms with Crippen molar-refractivity contribution >= 4 is 17.7 Å². The number of thioether (sulfide) groups is 1. The Morgan fingerprint density at radius 3 is 2.67 bits per heavy atom. The first-order valence-electron chi connectivity index (χ1n) is 5.69. The van der Waals surface area contributed by atoms with Gasteiger partial charge in [-0.2, -0.15) is 11.8 Å². The number of nitrogens with two attached hydrogens (primary N) is 1. The first-order chi connectivity index (χ1) is 7.15. The highest BCUT2D eigenvalue weighted by Crippen LogP contribution is 2.40. The van der Waals surface area contributed by atoms with Crippen LogP contribution in [0, 0.1) is 5.92 Å². The van der Waals surface area contributed by atoms with Crippen LogP contribution in [-0.2, 0) is 9.53 Å². The largest absolute Gasteiger partial charge is 0.465 e. The van der Waals surface area contributed by atoms with E-state index >= 15 is 0 Å². The lowest BCUT2D eigenvalue weighted by molar-refractivity contribution is -0.149. The van der Waals surface area contributed by atoms with Crippen molar-refractivity contribution in [2.45, 2.75) is 38.6 Å². The van der Waals surface area contributed by atoms with Gasteiger partial charge in [-0.15, -0.1) is 0 Å². The van der Waals surface area contributed by atoms with E-state index in [2.05, 4.69) is 6.92 Å². The molecule has 1 aliphatic carbocycles. The molecule has 4 heteroatoms. The number of rotatable bonds is 7. The van der Waals surface area contributed by atoms with Gasteiger partial charge >= 0.3 is 5.97 Å². The van der Waals surface area contributed by atoms with E-state index < -0.39 is 5.54 Å². The van der Waals surface area contributed by atoms with Gasteiger partial charge in [0.2, 0.25) is 0 Å². The van der Waals surface area contributed by atoms with E-state index in [4.69, 9.17) is 10.5 Å². The van der Waals surface area contributed by atoms with Crippen LogP contribution < -0.4 is 5.73 Å². The molecule has 1 rings (SSSR count). The van der Waals surface area contributed by atoms with E-state index in [1.54, 1.807) is 11.8 Å². The number of esters is 1. The molecule has 0 bridgehead atoms.